The highest BCUT2D eigenvalue weighted by Gasteiger charge is 2.70. The fourth-order valence-electron chi connectivity index (χ4n) is 9.03. The summed E-state index contributed by atoms with van der Waals surface area (Å²) in [6.07, 6.45) is 4.60. The van der Waals surface area contributed by atoms with Gasteiger partial charge in [0.15, 0.2) is 5.79 Å². The van der Waals surface area contributed by atoms with E-state index in [-0.39, 0.29) is 52.6 Å². The molecule has 9 atom stereocenters. The summed E-state index contributed by atoms with van der Waals surface area (Å²) in [5.41, 5.74) is -0.587. The highest BCUT2D eigenvalue weighted by molar-refractivity contribution is 5.68. The summed E-state index contributed by atoms with van der Waals surface area (Å²) in [7, 11) is 0. The van der Waals surface area contributed by atoms with E-state index in [4.69, 9.17) is 23.7 Å². The molecular formula is C27H40O8. The van der Waals surface area contributed by atoms with Gasteiger partial charge in [-0.15, -0.1) is 0 Å². The summed E-state index contributed by atoms with van der Waals surface area (Å²) in [5, 5.41) is 0. The van der Waals surface area contributed by atoms with E-state index in [1.807, 2.05) is 0 Å². The zero-order valence-corrected chi connectivity index (χ0v) is 21.7. The first-order valence-electron chi connectivity index (χ1n) is 13.3. The van der Waals surface area contributed by atoms with Crippen molar-refractivity contribution in [2.45, 2.75) is 104 Å². The van der Waals surface area contributed by atoms with Gasteiger partial charge in [-0.1, -0.05) is 20.3 Å². The Balaban J connectivity index is 1.60. The average Bonchev–Trinajstić information content (AvgIpc) is 3.38. The van der Waals surface area contributed by atoms with Crippen LogP contribution in [0.2, 0.25) is 0 Å². The Morgan fingerprint density at radius 1 is 0.800 bits per heavy atom. The molecule has 4 aliphatic carbocycles. The summed E-state index contributed by atoms with van der Waals surface area (Å²) in [6, 6.07) is 0. The number of hydrogen-bond donors (Lipinski definition) is 0. The number of ether oxygens (including phenoxy) is 5. The highest BCUT2D eigenvalue weighted by atomic mass is 16.7. The normalized spacial score (nSPS) is 45.7. The predicted octanol–water partition coefficient (Wildman–Crippen LogP) is 3.79. The van der Waals surface area contributed by atoms with Crippen LogP contribution in [0.5, 0.6) is 0 Å². The van der Waals surface area contributed by atoms with Gasteiger partial charge in [-0.25, -0.2) is 0 Å². The summed E-state index contributed by atoms with van der Waals surface area (Å²) in [5.74, 6) is -1.14. The molecule has 6 unspecified atom stereocenters. The van der Waals surface area contributed by atoms with Crippen LogP contribution in [0, 0.1) is 34.5 Å². The Morgan fingerprint density at radius 2 is 1.46 bits per heavy atom. The van der Waals surface area contributed by atoms with E-state index in [1.54, 1.807) is 0 Å². The van der Waals surface area contributed by atoms with E-state index in [9.17, 15) is 14.4 Å². The van der Waals surface area contributed by atoms with Crippen LogP contribution in [0.1, 0.15) is 79.6 Å². The number of rotatable bonds is 3. The van der Waals surface area contributed by atoms with Crippen LogP contribution in [0.3, 0.4) is 0 Å². The number of carbonyl (C=O) groups excluding carboxylic acids is 3. The fourth-order valence-corrected chi connectivity index (χ4v) is 9.03. The molecule has 0 amide bonds. The van der Waals surface area contributed by atoms with Crippen molar-refractivity contribution >= 4 is 17.9 Å². The molecule has 5 fully saturated rings. The van der Waals surface area contributed by atoms with Crippen LogP contribution in [0.4, 0.5) is 0 Å². The number of esters is 3. The van der Waals surface area contributed by atoms with Crippen molar-refractivity contribution in [3.8, 4) is 0 Å². The molecule has 0 aromatic heterocycles. The van der Waals surface area contributed by atoms with Crippen molar-refractivity contribution < 1.29 is 38.1 Å². The minimum atomic E-state index is -0.641. The van der Waals surface area contributed by atoms with Crippen molar-refractivity contribution in [2.75, 3.05) is 13.2 Å². The first-order valence-corrected chi connectivity index (χ1v) is 13.3. The van der Waals surface area contributed by atoms with Crippen molar-refractivity contribution in [3.05, 3.63) is 0 Å². The molecule has 0 aromatic rings. The number of fused-ring (bicyclic) bond motifs is 5. The maximum Gasteiger partial charge on any atom is 0.303 e. The Labute approximate surface area is 207 Å². The highest BCUT2D eigenvalue weighted by Crippen LogP contribution is 2.68. The second-order valence-corrected chi connectivity index (χ2v) is 12.1. The molecule has 8 heteroatoms. The van der Waals surface area contributed by atoms with Crippen molar-refractivity contribution in [3.63, 3.8) is 0 Å². The van der Waals surface area contributed by atoms with Gasteiger partial charge in [0.05, 0.1) is 13.2 Å². The molecule has 0 bridgehead atoms. The van der Waals surface area contributed by atoms with E-state index in [1.165, 1.54) is 20.8 Å². The molecule has 4 saturated carbocycles. The summed E-state index contributed by atoms with van der Waals surface area (Å²) in [6.45, 7) is 9.93. The van der Waals surface area contributed by atoms with Gasteiger partial charge < -0.3 is 23.7 Å². The second kappa shape index (κ2) is 8.72. The summed E-state index contributed by atoms with van der Waals surface area (Å²) in [4.78, 5) is 36.9. The third kappa shape index (κ3) is 3.99. The molecule has 1 saturated heterocycles. The monoisotopic (exact) mass is 492 g/mol. The molecule has 8 nitrogen and oxygen atoms in total. The van der Waals surface area contributed by atoms with Crippen molar-refractivity contribution in [1.82, 2.24) is 0 Å². The minimum Gasteiger partial charge on any atom is -0.462 e. The molecule has 1 aliphatic heterocycles. The van der Waals surface area contributed by atoms with Crippen LogP contribution in [0.25, 0.3) is 0 Å². The lowest BCUT2D eigenvalue weighted by Crippen LogP contribution is -2.68. The maximum atomic E-state index is 12.4. The Kier molecular flexibility index (Phi) is 6.23. The summed E-state index contributed by atoms with van der Waals surface area (Å²) < 4.78 is 30.4. The zero-order valence-electron chi connectivity index (χ0n) is 21.7. The lowest BCUT2D eigenvalue weighted by atomic mass is 9.43. The van der Waals surface area contributed by atoms with Gasteiger partial charge in [-0.3, -0.25) is 14.4 Å². The number of hydrogen-bond acceptors (Lipinski definition) is 8. The van der Waals surface area contributed by atoms with Crippen LogP contribution in [-0.2, 0) is 38.1 Å². The van der Waals surface area contributed by atoms with Gasteiger partial charge in [-0.05, 0) is 42.9 Å². The SMILES string of the molecule is CC(=O)OC1[C@@H](OC(C)=O)C2C(C[C@H](OC(C)=O)[C@H]3CC4(CCC23C)OCCO4)C2CCCC21C. The van der Waals surface area contributed by atoms with Gasteiger partial charge in [0.25, 0.3) is 0 Å². The molecule has 0 aromatic carbocycles. The molecule has 0 radical (unpaired) electrons. The van der Waals surface area contributed by atoms with E-state index < -0.39 is 18.0 Å². The lowest BCUT2D eigenvalue weighted by molar-refractivity contribution is -0.281. The van der Waals surface area contributed by atoms with Crippen LogP contribution in [0.15, 0.2) is 0 Å². The Hall–Kier alpha value is -1.67. The molecule has 35 heavy (non-hydrogen) atoms. The maximum absolute atomic E-state index is 12.4. The van der Waals surface area contributed by atoms with Gasteiger partial charge in [0.1, 0.15) is 18.3 Å². The summed E-state index contributed by atoms with van der Waals surface area (Å²) >= 11 is 0. The van der Waals surface area contributed by atoms with E-state index in [0.717, 1.165) is 32.1 Å². The van der Waals surface area contributed by atoms with Gasteiger partial charge >= 0.3 is 17.9 Å². The number of carbonyl (C=O) groups is 3. The quantitative estimate of drug-likeness (QED) is 0.434. The van der Waals surface area contributed by atoms with E-state index in [0.29, 0.717) is 32.0 Å². The largest absolute Gasteiger partial charge is 0.462 e. The molecule has 196 valence electrons. The second-order valence-electron chi connectivity index (χ2n) is 12.1. The average molecular weight is 493 g/mol. The van der Waals surface area contributed by atoms with Crippen molar-refractivity contribution in [1.29, 1.82) is 0 Å². The molecular weight excluding hydrogens is 452 g/mol. The standard InChI is InChI=1S/C27H40O8/c1-15(28)33-21-13-18-19-7-6-8-26(19,5)24(35-17(3)30)23(34-16(2)29)22(18)25(4)9-10-27(14-20(21)25)31-11-12-32-27/h18-24H,6-14H2,1-5H3/t18?,19?,20-,21+,22?,23+,24?,25?,26?/m1/s1. The van der Waals surface area contributed by atoms with Crippen molar-refractivity contribution in [2.24, 2.45) is 34.5 Å². The fraction of sp³-hybridized carbons (Fsp3) is 0.889. The first kappa shape index (κ1) is 25.0. The van der Waals surface area contributed by atoms with Crippen LogP contribution >= 0.6 is 0 Å². The Morgan fingerprint density at radius 3 is 2.09 bits per heavy atom. The molecule has 0 N–H and O–H groups in total. The minimum absolute atomic E-state index is 0.0116. The first-order chi connectivity index (χ1) is 16.5. The van der Waals surface area contributed by atoms with E-state index >= 15 is 0 Å². The topological polar surface area (TPSA) is 97.4 Å². The Bertz CT molecular complexity index is 880. The smallest absolute Gasteiger partial charge is 0.303 e. The molecule has 5 rings (SSSR count). The lowest BCUT2D eigenvalue weighted by Gasteiger charge is -2.65. The third-order valence-corrected chi connectivity index (χ3v) is 10.2. The van der Waals surface area contributed by atoms with Gasteiger partial charge in [-0.2, -0.15) is 0 Å². The van der Waals surface area contributed by atoms with Crippen LogP contribution < -0.4 is 0 Å². The van der Waals surface area contributed by atoms with Gasteiger partial charge in [0.2, 0.25) is 0 Å². The van der Waals surface area contributed by atoms with E-state index in [2.05, 4.69) is 13.8 Å². The molecule has 1 heterocycles. The third-order valence-electron chi connectivity index (χ3n) is 10.2. The zero-order chi connectivity index (χ0) is 25.2. The molecule has 5 aliphatic rings. The molecule has 1 spiro atoms. The van der Waals surface area contributed by atoms with Gasteiger partial charge in [0, 0.05) is 50.9 Å². The van der Waals surface area contributed by atoms with Crippen LogP contribution in [-0.4, -0.2) is 55.2 Å². The predicted molar refractivity (Wildman–Crippen MR) is 124 cm³/mol.